The molecule has 2 aromatic rings. The summed E-state index contributed by atoms with van der Waals surface area (Å²) in [4.78, 5) is 29.2. The second kappa shape index (κ2) is 13.3. The number of ether oxygens (including phenoxy) is 2. The fourth-order valence-electron chi connectivity index (χ4n) is 8.23. The number of rotatable bonds is 3. The van der Waals surface area contributed by atoms with Crippen molar-refractivity contribution in [1.29, 1.82) is 0 Å². The highest BCUT2D eigenvalue weighted by Crippen LogP contribution is 2.47. The van der Waals surface area contributed by atoms with Gasteiger partial charge in [0.15, 0.2) is 0 Å². The number of amides is 3. The van der Waals surface area contributed by atoms with Crippen molar-refractivity contribution in [1.82, 2.24) is 10.0 Å². The Hall–Kier alpha value is -3.08. The SMILES string of the molecule is CO[C@H]1/C=C/C[C@H](C)CS(=O)(NC(=O)N[C@@H]2C[C@H]2C)=NC(=O)c2ccc3c(c2)N(C[C@@H]2CC[C@H]21)C[C@@]1(CCCc2cc(Cl)ccc21)CO3. The maximum atomic E-state index is 14.3. The van der Waals surface area contributed by atoms with Gasteiger partial charge in [-0.3, -0.25) is 9.52 Å². The monoisotopic (exact) mass is 694 g/mol. The zero-order valence-corrected chi connectivity index (χ0v) is 29.7. The summed E-state index contributed by atoms with van der Waals surface area (Å²) in [6, 6.07) is 11.1. The first-order chi connectivity index (χ1) is 23.0. The largest absolute Gasteiger partial charge is 0.490 e. The van der Waals surface area contributed by atoms with Crippen LogP contribution in [0.2, 0.25) is 5.02 Å². The molecule has 2 aliphatic heterocycles. The van der Waals surface area contributed by atoms with Crippen LogP contribution in [0.3, 0.4) is 0 Å². The lowest BCUT2D eigenvalue weighted by molar-refractivity contribution is 0.0131. The first kappa shape index (κ1) is 33.4. The highest BCUT2D eigenvalue weighted by molar-refractivity contribution is 7.92. The number of urea groups is 1. The third-order valence-electron chi connectivity index (χ3n) is 11.2. The van der Waals surface area contributed by atoms with Crippen LogP contribution in [-0.4, -0.2) is 60.9 Å². The van der Waals surface area contributed by atoms with E-state index in [4.69, 9.17) is 21.1 Å². The smallest absolute Gasteiger partial charge is 0.327 e. The van der Waals surface area contributed by atoms with Crippen molar-refractivity contribution in [2.24, 2.45) is 28.0 Å². The molecule has 8 atom stereocenters. The van der Waals surface area contributed by atoms with Gasteiger partial charge in [-0.15, -0.1) is 4.36 Å². The Balaban J connectivity index is 1.28. The molecule has 0 aromatic heterocycles. The molecule has 48 heavy (non-hydrogen) atoms. The molecule has 2 fully saturated rings. The van der Waals surface area contributed by atoms with Gasteiger partial charge in [0.25, 0.3) is 5.91 Å². The molecule has 0 saturated heterocycles. The summed E-state index contributed by atoms with van der Waals surface area (Å²) < 4.78 is 33.8. The van der Waals surface area contributed by atoms with Crippen molar-refractivity contribution >= 4 is 39.1 Å². The number of carbonyl (C=O) groups excluding carboxylic acids is 2. The molecule has 2 N–H and O–H groups in total. The summed E-state index contributed by atoms with van der Waals surface area (Å²) in [6.45, 7) is 6.06. The number of aryl methyl sites for hydroxylation is 1. The highest BCUT2D eigenvalue weighted by Gasteiger charge is 2.44. The molecule has 258 valence electrons. The van der Waals surface area contributed by atoms with Gasteiger partial charge in [0.2, 0.25) is 0 Å². The zero-order chi connectivity index (χ0) is 33.6. The molecule has 2 bridgehead atoms. The first-order valence-corrected chi connectivity index (χ1v) is 19.5. The number of nitrogens with zero attached hydrogens (tertiary/aromatic N) is 2. The van der Waals surface area contributed by atoms with Gasteiger partial charge < -0.3 is 19.7 Å². The number of nitrogens with one attached hydrogen (secondary N) is 2. The number of hydrogen-bond acceptors (Lipinski definition) is 6. The van der Waals surface area contributed by atoms with E-state index in [-0.39, 0.29) is 29.2 Å². The van der Waals surface area contributed by atoms with Gasteiger partial charge >= 0.3 is 6.03 Å². The van der Waals surface area contributed by atoms with Crippen LogP contribution >= 0.6 is 11.6 Å². The van der Waals surface area contributed by atoms with E-state index in [0.29, 0.717) is 36.3 Å². The van der Waals surface area contributed by atoms with Crippen LogP contribution in [0, 0.1) is 23.7 Å². The summed E-state index contributed by atoms with van der Waals surface area (Å²) in [7, 11) is -1.66. The van der Waals surface area contributed by atoms with E-state index in [1.54, 1.807) is 13.2 Å². The minimum atomic E-state index is -3.44. The molecule has 2 aromatic carbocycles. The van der Waals surface area contributed by atoms with Crippen LogP contribution in [0.15, 0.2) is 52.9 Å². The van der Waals surface area contributed by atoms with Crippen LogP contribution in [0.1, 0.15) is 73.9 Å². The van der Waals surface area contributed by atoms with Crippen molar-refractivity contribution in [2.45, 2.75) is 76.4 Å². The van der Waals surface area contributed by atoms with Crippen molar-refractivity contribution in [3.8, 4) is 5.75 Å². The third-order valence-corrected chi connectivity index (χ3v) is 13.4. The van der Waals surface area contributed by atoms with E-state index in [2.05, 4.69) is 43.6 Å². The van der Waals surface area contributed by atoms with E-state index in [0.717, 1.165) is 68.1 Å². The number of fused-ring (bicyclic) bond motifs is 4. The summed E-state index contributed by atoms with van der Waals surface area (Å²) >= 11 is 6.44. The van der Waals surface area contributed by atoms with Crippen LogP contribution in [0.4, 0.5) is 10.5 Å². The Morgan fingerprint density at radius 1 is 1.19 bits per heavy atom. The Bertz CT molecular complexity index is 1740. The molecule has 1 unspecified atom stereocenters. The van der Waals surface area contributed by atoms with Gasteiger partial charge in [0.1, 0.15) is 15.7 Å². The molecule has 11 heteroatoms. The normalized spacial score (nSPS) is 35.1. The molecule has 1 spiro atoms. The number of halogens is 1. The summed E-state index contributed by atoms with van der Waals surface area (Å²) in [5.74, 6) is 1.18. The fraction of sp³-hybridized carbons (Fsp3) is 0.568. The zero-order valence-electron chi connectivity index (χ0n) is 28.1. The predicted molar refractivity (Wildman–Crippen MR) is 189 cm³/mol. The second-order valence-electron chi connectivity index (χ2n) is 14.9. The van der Waals surface area contributed by atoms with Gasteiger partial charge in [-0.1, -0.05) is 43.7 Å². The number of methoxy groups -OCH3 is 1. The molecule has 0 radical (unpaired) electrons. The molecule has 3 amide bonds. The Morgan fingerprint density at radius 2 is 2.02 bits per heavy atom. The third kappa shape index (κ3) is 6.85. The van der Waals surface area contributed by atoms with Crippen LogP contribution in [0.25, 0.3) is 0 Å². The molecule has 3 aliphatic carbocycles. The van der Waals surface area contributed by atoms with E-state index in [9.17, 15) is 13.8 Å². The average Bonchev–Trinajstić information content (AvgIpc) is 3.75. The van der Waals surface area contributed by atoms with Crippen molar-refractivity contribution < 1.29 is 23.3 Å². The Labute approximate surface area is 289 Å². The van der Waals surface area contributed by atoms with E-state index >= 15 is 0 Å². The number of hydrogen-bond donors (Lipinski definition) is 2. The number of allylic oxidation sites excluding steroid dienone is 1. The quantitative estimate of drug-likeness (QED) is 0.347. The molecule has 2 saturated carbocycles. The molecule has 9 nitrogen and oxygen atoms in total. The van der Waals surface area contributed by atoms with E-state index < -0.39 is 21.9 Å². The van der Waals surface area contributed by atoms with Crippen LogP contribution in [-0.2, 0) is 26.5 Å². The molecule has 5 aliphatic rings. The Kier molecular flexibility index (Phi) is 9.28. The lowest BCUT2D eigenvalue weighted by Crippen LogP contribution is -2.49. The number of benzene rings is 2. The summed E-state index contributed by atoms with van der Waals surface area (Å²) in [6.07, 6.45) is 10.9. The fourth-order valence-corrected chi connectivity index (χ4v) is 10.3. The minimum Gasteiger partial charge on any atom is -0.490 e. The first-order valence-electron chi connectivity index (χ1n) is 17.4. The average molecular weight is 695 g/mol. The molecule has 2 heterocycles. The predicted octanol–water partition coefficient (Wildman–Crippen LogP) is 6.68. The molecular formula is C37H47ClN4O5S. The minimum absolute atomic E-state index is 0.0375. The summed E-state index contributed by atoms with van der Waals surface area (Å²) in [5, 5.41) is 3.62. The standard InChI is InChI=1S/C37H47ClN4O5S/c1-23-6-4-8-33(46-3)29-12-9-27(29)19-42-21-37(15-5-7-25-17-28(38)11-13-30(25)37)22-47-34-14-10-26(18-32(34)42)35(43)40-48(45,20-23)41-36(44)39-31-16-24(31)2/h4,8,10-11,13-14,17-18,23-24,27,29,31,33H,5-7,9,12,15-16,19-22H2,1-3H3,(H2,39,40,41,43,44,45)/b8-4+/t23-,24+,27-,29+,31+,33-,37-,48?/m0/s1. The van der Waals surface area contributed by atoms with Crippen molar-refractivity contribution in [3.05, 3.63) is 70.3 Å². The van der Waals surface area contributed by atoms with Gasteiger partial charge in [-0.25, -0.2) is 9.00 Å². The van der Waals surface area contributed by atoms with Gasteiger partial charge in [0, 0.05) is 42.2 Å². The van der Waals surface area contributed by atoms with Gasteiger partial charge in [-0.05, 0) is 110 Å². The lowest BCUT2D eigenvalue weighted by atomic mass is 9.68. The summed E-state index contributed by atoms with van der Waals surface area (Å²) in [5.41, 5.74) is 3.47. The van der Waals surface area contributed by atoms with Crippen molar-refractivity contribution in [3.63, 3.8) is 0 Å². The highest BCUT2D eigenvalue weighted by atomic mass is 35.5. The van der Waals surface area contributed by atoms with Gasteiger partial charge in [0.05, 0.1) is 24.2 Å². The van der Waals surface area contributed by atoms with Crippen molar-refractivity contribution in [2.75, 3.05) is 37.5 Å². The number of anilines is 1. The molecule has 7 rings (SSSR count). The lowest BCUT2D eigenvalue weighted by Gasteiger charge is -2.46. The molecular weight excluding hydrogens is 648 g/mol. The van der Waals surface area contributed by atoms with E-state index in [1.807, 2.05) is 32.0 Å². The van der Waals surface area contributed by atoms with Crippen LogP contribution in [0.5, 0.6) is 5.75 Å². The maximum Gasteiger partial charge on any atom is 0.327 e. The number of carbonyl (C=O) groups is 2. The topological polar surface area (TPSA) is 109 Å². The van der Waals surface area contributed by atoms with Crippen LogP contribution < -0.4 is 19.7 Å². The van der Waals surface area contributed by atoms with Gasteiger partial charge in [-0.2, -0.15) is 0 Å². The second-order valence-corrected chi connectivity index (χ2v) is 17.3. The maximum absolute atomic E-state index is 14.3. The Morgan fingerprint density at radius 3 is 2.77 bits per heavy atom. The van der Waals surface area contributed by atoms with E-state index in [1.165, 1.54) is 11.1 Å².